The predicted molar refractivity (Wildman–Crippen MR) is 109 cm³/mol. The largest absolute Gasteiger partial charge is 0.417 e. The highest BCUT2D eigenvalue weighted by Gasteiger charge is 2.42. The lowest BCUT2D eigenvalue weighted by molar-refractivity contribution is -0.140. The quantitative estimate of drug-likeness (QED) is 0.647. The maximum Gasteiger partial charge on any atom is 0.417 e. The fourth-order valence-electron chi connectivity index (χ4n) is 4.60. The van der Waals surface area contributed by atoms with E-state index in [0.717, 1.165) is 6.07 Å². The van der Waals surface area contributed by atoms with Crippen molar-refractivity contribution in [3.63, 3.8) is 0 Å². The molecule has 3 aliphatic heterocycles. The van der Waals surface area contributed by atoms with Gasteiger partial charge < -0.3 is 19.1 Å². The van der Waals surface area contributed by atoms with Gasteiger partial charge in [-0.25, -0.2) is 4.79 Å². The number of hydrogen-bond donors (Lipinski definition) is 0. The standard InChI is InChI=1S/C21H20ClF3N4O4/c22-13-1-2-15(16(6-13)21(23,24)25)18-26-19(33-27-18)12-8-29(9-12)20(31)28-4-3-17-11(7-28)5-14(30)10-32-17/h1-2,6,11-12,17H,3-5,7-10H2/t11-,17+/m1/s1. The van der Waals surface area contributed by atoms with Crippen molar-refractivity contribution in [2.45, 2.75) is 31.0 Å². The van der Waals surface area contributed by atoms with Gasteiger partial charge in [0.2, 0.25) is 11.7 Å². The van der Waals surface area contributed by atoms with Crippen molar-refractivity contribution in [2.24, 2.45) is 5.92 Å². The molecular formula is C21H20ClF3N4O4. The Balaban J connectivity index is 1.22. The van der Waals surface area contributed by atoms with Crippen LogP contribution in [0, 0.1) is 5.92 Å². The van der Waals surface area contributed by atoms with Gasteiger partial charge in [-0.3, -0.25) is 4.79 Å². The van der Waals surface area contributed by atoms with E-state index in [2.05, 4.69) is 10.1 Å². The second-order valence-corrected chi connectivity index (χ2v) is 9.05. The SMILES string of the molecule is O=C1CO[C@H]2CCN(C(=O)N3CC(c4nc(-c5ccc(Cl)cc5C(F)(F)F)no4)C3)C[C@H]2C1. The molecule has 5 rings (SSSR count). The lowest BCUT2D eigenvalue weighted by Gasteiger charge is -2.45. The minimum Gasteiger partial charge on any atom is -0.370 e. The Morgan fingerprint density at radius 1 is 1.18 bits per heavy atom. The number of rotatable bonds is 2. The van der Waals surface area contributed by atoms with E-state index < -0.39 is 11.7 Å². The lowest BCUT2D eigenvalue weighted by atomic mass is 9.88. The number of hydrogen-bond acceptors (Lipinski definition) is 6. The summed E-state index contributed by atoms with van der Waals surface area (Å²) in [5.41, 5.74) is -1.16. The summed E-state index contributed by atoms with van der Waals surface area (Å²) in [6.45, 7) is 1.82. The first-order valence-corrected chi connectivity index (χ1v) is 10.9. The third kappa shape index (κ3) is 4.31. The van der Waals surface area contributed by atoms with Crippen LogP contribution in [-0.4, -0.2) is 70.6 Å². The monoisotopic (exact) mass is 484 g/mol. The number of ketones is 1. The molecular weight excluding hydrogens is 465 g/mol. The summed E-state index contributed by atoms with van der Waals surface area (Å²) in [6, 6.07) is 3.23. The molecule has 176 valence electrons. The number of nitrogens with zero attached hydrogens (tertiary/aromatic N) is 4. The second-order valence-electron chi connectivity index (χ2n) is 8.62. The van der Waals surface area contributed by atoms with Gasteiger partial charge >= 0.3 is 12.2 Å². The molecule has 3 saturated heterocycles. The van der Waals surface area contributed by atoms with Crippen molar-refractivity contribution in [1.82, 2.24) is 19.9 Å². The highest BCUT2D eigenvalue weighted by molar-refractivity contribution is 6.30. The lowest BCUT2D eigenvalue weighted by Crippen LogP contribution is -2.58. The van der Waals surface area contributed by atoms with Crippen LogP contribution in [0.4, 0.5) is 18.0 Å². The molecule has 33 heavy (non-hydrogen) atoms. The number of piperidine rings is 1. The number of Topliss-reactive ketones (excluding diaryl/α,β-unsaturated/α-hetero) is 1. The Bertz CT molecular complexity index is 1090. The minimum atomic E-state index is -4.62. The van der Waals surface area contributed by atoms with E-state index in [1.807, 2.05) is 0 Å². The van der Waals surface area contributed by atoms with Crippen molar-refractivity contribution in [1.29, 1.82) is 0 Å². The first-order valence-electron chi connectivity index (χ1n) is 10.6. The number of ether oxygens (including phenoxy) is 1. The molecule has 0 N–H and O–H groups in total. The summed E-state index contributed by atoms with van der Waals surface area (Å²) in [6.07, 6.45) is -3.49. The van der Waals surface area contributed by atoms with E-state index in [1.54, 1.807) is 9.80 Å². The highest BCUT2D eigenvalue weighted by atomic mass is 35.5. The summed E-state index contributed by atoms with van der Waals surface area (Å²) >= 11 is 5.72. The molecule has 3 aliphatic rings. The molecule has 2 atom stereocenters. The first-order chi connectivity index (χ1) is 15.7. The molecule has 0 bridgehead atoms. The molecule has 8 nitrogen and oxygen atoms in total. The van der Waals surface area contributed by atoms with Crippen molar-refractivity contribution in [3.8, 4) is 11.4 Å². The van der Waals surface area contributed by atoms with E-state index in [1.165, 1.54) is 12.1 Å². The molecule has 0 saturated carbocycles. The number of carbonyl (C=O) groups excluding carboxylic acids is 2. The normalized spacial score (nSPS) is 23.9. The number of benzene rings is 1. The molecule has 0 radical (unpaired) electrons. The zero-order valence-electron chi connectivity index (χ0n) is 17.3. The average molecular weight is 485 g/mol. The number of amides is 2. The van der Waals surface area contributed by atoms with Gasteiger partial charge in [-0.1, -0.05) is 16.8 Å². The fraction of sp³-hybridized carbons (Fsp3) is 0.524. The fourth-order valence-corrected chi connectivity index (χ4v) is 4.77. The van der Waals surface area contributed by atoms with Crippen LogP contribution in [0.3, 0.4) is 0 Å². The average Bonchev–Trinajstić information content (AvgIpc) is 3.20. The molecule has 4 heterocycles. The number of likely N-dealkylation sites (tertiary alicyclic amines) is 2. The summed E-state index contributed by atoms with van der Waals surface area (Å²) in [7, 11) is 0. The number of alkyl halides is 3. The Morgan fingerprint density at radius 2 is 1.97 bits per heavy atom. The van der Waals surface area contributed by atoms with Gasteiger partial charge in [0.25, 0.3) is 0 Å². The minimum absolute atomic E-state index is 0.0155. The Morgan fingerprint density at radius 3 is 2.73 bits per heavy atom. The Hall–Kier alpha value is -2.66. The molecule has 3 fully saturated rings. The van der Waals surface area contributed by atoms with Gasteiger partial charge in [0.1, 0.15) is 6.61 Å². The Labute approximate surface area is 191 Å². The topological polar surface area (TPSA) is 88.8 Å². The number of fused-ring (bicyclic) bond motifs is 1. The van der Waals surface area contributed by atoms with E-state index in [9.17, 15) is 22.8 Å². The molecule has 0 spiro atoms. The third-order valence-corrected chi connectivity index (χ3v) is 6.59. The van der Waals surface area contributed by atoms with Crippen LogP contribution in [0.2, 0.25) is 5.02 Å². The van der Waals surface area contributed by atoms with Crippen LogP contribution in [0.1, 0.15) is 30.2 Å². The maximum absolute atomic E-state index is 13.4. The third-order valence-electron chi connectivity index (χ3n) is 6.35. The molecule has 1 aromatic carbocycles. The van der Waals surface area contributed by atoms with Crippen LogP contribution in [-0.2, 0) is 15.7 Å². The van der Waals surface area contributed by atoms with Gasteiger partial charge in [-0.15, -0.1) is 0 Å². The van der Waals surface area contributed by atoms with Gasteiger partial charge in [0.05, 0.1) is 17.6 Å². The van der Waals surface area contributed by atoms with E-state index in [0.29, 0.717) is 39.0 Å². The maximum atomic E-state index is 13.4. The van der Waals surface area contributed by atoms with Crippen molar-refractivity contribution >= 4 is 23.4 Å². The van der Waals surface area contributed by atoms with Crippen LogP contribution < -0.4 is 0 Å². The van der Waals surface area contributed by atoms with Crippen LogP contribution in [0.5, 0.6) is 0 Å². The molecule has 2 aromatic rings. The molecule has 0 unspecified atom stereocenters. The molecule has 2 amide bonds. The smallest absolute Gasteiger partial charge is 0.370 e. The summed E-state index contributed by atoms with van der Waals surface area (Å²) < 4.78 is 50.9. The van der Waals surface area contributed by atoms with Crippen molar-refractivity contribution in [2.75, 3.05) is 32.8 Å². The highest BCUT2D eigenvalue weighted by Crippen LogP contribution is 2.38. The zero-order chi connectivity index (χ0) is 23.3. The predicted octanol–water partition coefficient (Wildman–Crippen LogP) is 3.61. The molecule has 12 heteroatoms. The second kappa shape index (κ2) is 8.28. The number of carbonyl (C=O) groups is 2. The van der Waals surface area contributed by atoms with Crippen molar-refractivity contribution in [3.05, 3.63) is 34.7 Å². The van der Waals surface area contributed by atoms with E-state index >= 15 is 0 Å². The van der Waals surface area contributed by atoms with Gasteiger partial charge in [-0.05, 0) is 24.6 Å². The summed E-state index contributed by atoms with van der Waals surface area (Å²) in [5.74, 6) is -0.184. The van der Waals surface area contributed by atoms with Crippen LogP contribution in [0.25, 0.3) is 11.4 Å². The number of halogens is 4. The molecule has 0 aliphatic carbocycles. The first kappa shape index (κ1) is 22.1. The van der Waals surface area contributed by atoms with Crippen LogP contribution in [0.15, 0.2) is 22.7 Å². The van der Waals surface area contributed by atoms with Gasteiger partial charge in [0, 0.05) is 49.1 Å². The zero-order valence-corrected chi connectivity index (χ0v) is 18.1. The van der Waals surface area contributed by atoms with Gasteiger partial charge in [0.15, 0.2) is 5.78 Å². The van der Waals surface area contributed by atoms with Crippen molar-refractivity contribution < 1.29 is 32.0 Å². The van der Waals surface area contributed by atoms with E-state index in [4.69, 9.17) is 20.9 Å². The number of aromatic nitrogens is 2. The van der Waals surface area contributed by atoms with E-state index in [-0.39, 0.29) is 58.7 Å². The summed E-state index contributed by atoms with van der Waals surface area (Å²) in [4.78, 5) is 32.0. The molecule has 1 aromatic heterocycles. The van der Waals surface area contributed by atoms with Crippen LogP contribution >= 0.6 is 11.6 Å². The van der Waals surface area contributed by atoms with Gasteiger partial charge in [-0.2, -0.15) is 18.2 Å². The Kier molecular flexibility index (Phi) is 5.56. The summed E-state index contributed by atoms with van der Waals surface area (Å²) in [5, 5.41) is 3.67. The number of urea groups is 1.